The molecule has 0 aromatic heterocycles. The first-order valence-corrected chi connectivity index (χ1v) is 11.3. The highest BCUT2D eigenvalue weighted by Gasteiger charge is 2.39. The van der Waals surface area contributed by atoms with Crippen LogP contribution >= 0.6 is 0 Å². The maximum Gasteiger partial charge on any atom is 0.320 e. The number of benzene rings is 3. The third-order valence-corrected chi connectivity index (χ3v) is 5.27. The second-order valence-corrected chi connectivity index (χ2v) is 7.57. The van der Waals surface area contributed by atoms with E-state index in [0.29, 0.717) is 22.6 Å². The van der Waals surface area contributed by atoms with Crippen molar-refractivity contribution in [2.45, 2.75) is 26.2 Å². The van der Waals surface area contributed by atoms with E-state index in [-0.39, 0.29) is 25.4 Å². The molecule has 3 aromatic rings. The maximum atomic E-state index is 13.2. The summed E-state index contributed by atoms with van der Waals surface area (Å²) in [7, 11) is 0. The van der Waals surface area contributed by atoms with E-state index >= 15 is 0 Å². The van der Waals surface area contributed by atoms with Gasteiger partial charge in [-0.3, -0.25) is 14.4 Å². The lowest BCUT2D eigenvalue weighted by Gasteiger charge is -2.24. The van der Waals surface area contributed by atoms with E-state index in [9.17, 15) is 14.4 Å². The van der Waals surface area contributed by atoms with Crippen LogP contribution in [0.3, 0.4) is 0 Å². The van der Waals surface area contributed by atoms with Gasteiger partial charge in [0.05, 0.1) is 13.2 Å². The zero-order valence-corrected chi connectivity index (χ0v) is 19.3. The van der Waals surface area contributed by atoms with Crippen LogP contribution in [-0.2, 0) is 19.1 Å². The average Bonchev–Trinajstić information content (AvgIpc) is 2.85. The van der Waals surface area contributed by atoms with Crippen molar-refractivity contribution in [3.8, 4) is 11.5 Å². The number of hydrogen-bond acceptors (Lipinski definition) is 6. The lowest BCUT2D eigenvalue weighted by Crippen LogP contribution is -2.34. The van der Waals surface area contributed by atoms with E-state index < -0.39 is 23.8 Å². The van der Waals surface area contributed by atoms with Gasteiger partial charge in [-0.05, 0) is 55.8 Å². The number of hydrogen-bond donors (Lipinski definition) is 0. The van der Waals surface area contributed by atoms with Gasteiger partial charge in [0, 0.05) is 17.9 Å². The number of ketones is 1. The molecular weight excluding hydrogens is 432 g/mol. The molecule has 3 rings (SSSR count). The highest BCUT2D eigenvalue weighted by molar-refractivity contribution is 6.00. The van der Waals surface area contributed by atoms with Crippen molar-refractivity contribution in [2.24, 2.45) is 5.92 Å². The number of para-hydroxylation sites is 1. The summed E-state index contributed by atoms with van der Waals surface area (Å²) in [5.74, 6) is -2.29. The molecular formula is C28H28O6. The van der Waals surface area contributed by atoms with Crippen LogP contribution in [0.4, 0.5) is 0 Å². The van der Waals surface area contributed by atoms with Crippen molar-refractivity contribution in [2.75, 3.05) is 13.2 Å². The molecule has 0 aliphatic carbocycles. The monoisotopic (exact) mass is 460 g/mol. The van der Waals surface area contributed by atoms with Gasteiger partial charge in [0.25, 0.3) is 0 Å². The number of ether oxygens (including phenoxy) is 3. The first-order chi connectivity index (χ1) is 16.5. The Morgan fingerprint density at radius 1 is 0.676 bits per heavy atom. The Morgan fingerprint density at radius 3 is 1.71 bits per heavy atom. The van der Waals surface area contributed by atoms with E-state index in [2.05, 4.69) is 0 Å². The van der Waals surface area contributed by atoms with E-state index in [1.165, 1.54) is 0 Å². The zero-order chi connectivity index (χ0) is 24.3. The highest BCUT2D eigenvalue weighted by Crippen LogP contribution is 2.32. The molecule has 6 nitrogen and oxygen atoms in total. The quantitative estimate of drug-likeness (QED) is 0.211. The molecule has 0 amide bonds. The molecule has 0 aliphatic rings. The molecule has 0 bridgehead atoms. The fourth-order valence-electron chi connectivity index (χ4n) is 3.67. The number of carbonyl (C=O) groups is 3. The summed E-state index contributed by atoms with van der Waals surface area (Å²) in [5, 5.41) is 0. The predicted octanol–water partition coefficient (Wildman–Crippen LogP) is 5.58. The van der Waals surface area contributed by atoms with Gasteiger partial charge in [-0.2, -0.15) is 0 Å². The molecule has 0 aliphatic heterocycles. The molecule has 6 heteroatoms. The summed E-state index contributed by atoms with van der Waals surface area (Å²) < 4.78 is 16.1. The second-order valence-electron chi connectivity index (χ2n) is 7.57. The normalized spacial score (nSPS) is 11.5. The van der Waals surface area contributed by atoms with Gasteiger partial charge in [-0.15, -0.1) is 0 Å². The van der Waals surface area contributed by atoms with Gasteiger partial charge >= 0.3 is 11.9 Å². The summed E-state index contributed by atoms with van der Waals surface area (Å²) in [5.41, 5.74) is 1.14. The third kappa shape index (κ3) is 6.54. The first-order valence-electron chi connectivity index (χ1n) is 11.3. The molecule has 0 saturated carbocycles. The minimum Gasteiger partial charge on any atom is -0.465 e. The van der Waals surface area contributed by atoms with Crippen molar-refractivity contribution in [3.63, 3.8) is 0 Å². The molecule has 0 fully saturated rings. The molecule has 3 aromatic carbocycles. The smallest absolute Gasteiger partial charge is 0.320 e. The zero-order valence-electron chi connectivity index (χ0n) is 19.3. The number of Topliss-reactive ketones (excluding diaryl/α,β-unsaturated/α-hetero) is 1. The summed E-state index contributed by atoms with van der Waals surface area (Å²) in [6.07, 6.45) is -0.0643. The molecule has 0 heterocycles. The van der Waals surface area contributed by atoms with Crippen LogP contribution in [0.2, 0.25) is 0 Å². The van der Waals surface area contributed by atoms with Gasteiger partial charge in [0.2, 0.25) is 0 Å². The summed E-state index contributed by atoms with van der Waals surface area (Å²) in [4.78, 5) is 38.7. The van der Waals surface area contributed by atoms with E-state index in [1.807, 2.05) is 36.4 Å². The van der Waals surface area contributed by atoms with Crippen molar-refractivity contribution < 1.29 is 28.6 Å². The van der Waals surface area contributed by atoms with E-state index in [1.54, 1.807) is 62.4 Å². The van der Waals surface area contributed by atoms with E-state index in [0.717, 1.165) is 0 Å². The van der Waals surface area contributed by atoms with Crippen LogP contribution < -0.4 is 4.74 Å². The van der Waals surface area contributed by atoms with E-state index in [4.69, 9.17) is 14.2 Å². The Kier molecular flexibility index (Phi) is 8.97. The van der Waals surface area contributed by atoms with Gasteiger partial charge in [0.1, 0.15) is 11.5 Å². The molecule has 0 N–H and O–H groups in total. The minimum absolute atomic E-state index is 0.0643. The Morgan fingerprint density at radius 2 is 1.18 bits per heavy atom. The largest absolute Gasteiger partial charge is 0.465 e. The number of esters is 2. The van der Waals surface area contributed by atoms with Crippen LogP contribution in [-0.4, -0.2) is 30.9 Å². The van der Waals surface area contributed by atoms with Gasteiger partial charge in [-0.1, -0.05) is 48.5 Å². The maximum absolute atomic E-state index is 13.2. The summed E-state index contributed by atoms with van der Waals surface area (Å²) >= 11 is 0. The Hall–Kier alpha value is -3.93. The Balaban J connectivity index is 1.84. The van der Waals surface area contributed by atoms with Crippen molar-refractivity contribution >= 4 is 17.7 Å². The van der Waals surface area contributed by atoms with Crippen molar-refractivity contribution in [3.05, 3.63) is 96.1 Å². The number of carbonyl (C=O) groups excluding carboxylic acids is 3. The summed E-state index contributed by atoms with van der Waals surface area (Å²) in [6, 6.07) is 25.1. The van der Waals surface area contributed by atoms with Crippen molar-refractivity contribution in [1.29, 1.82) is 0 Å². The lowest BCUT2D eigenvalue weighted by molar-refractivity contribution is -0.162. The molecule has 1 atom stereocenters. The SMILES string of the molecule is CCOC(=O)C(C(=O)OCC)C(CC(=O)c1ccc(Oc2ccccc2)cc1)c1ccccc1. The standard InChI is InChI=1S/C28H28O6/c1-3-32-27(30)26(28(31)33-4-2)24(20-11-7-5-8-12-20)19-25(29)21-15-17-23(18-16-21)34-22-13-9-6-10-14-22/h5-18,24,26H,3-4,19H2,1-2H3. The molecule has 0 radical (unpaired) electrons. The molecule has 0 saturated heterocycles. The highest BCUT2D eigenvalue weighted by atomic mass is 16.6. The summed E-state index contributed by atoms with van der Waals surface area (Å²) in [6.45, 7) is 3.57. The lowest BCUT2D eigenvalue weighted by atomic mass is 9.81. The van der Waals surface area contributed by atoms with Crippen LogP contribution in [0.15, 0.2) is 84.9 Å². The van der Waals surface area contributed by atoms with Gasteiger partial charge in [0.15, 0.2) is 11.7 Å². The third-order valence-electron chi connectivity index (χ3n) is 5.27. The van der Waals surface area contributed by atoms with Crippen LogP contribution in [0.5, 0.6) is 11.5 Å². The fraction of sp³-hybridized carbons (Fsp3) is 0.250. The molecule has 176 valence electrons. The predicted molar refractivity (Wildman–Crippen MR) is 128 cm³/mol. The molecule has 0 spiro atoms. The number of rotatable bonds is 11. The topological polar surface area (TPSA) is 78.9 Å². The second kappa shape index (κ2) is 12.3. The Labute approximate surface area is 199 Å². The van der Waals surface area contributed by atoms with Crippen molar-refractivity contribution in [1.82, 2.24) is 0 Å². The first kappa shape index (κ1) is 24.7. The van der Waals surface area contributed by atoms with Gasteiger partial charge < -0.3 is 14.2 Å². The molecule has 34 heavy (non-hydrogen) atoms. The van der Waals surface area contributed by atoms with Crippen LogP contribution in [0.1, 0.15) is 42.1 Å². The average molecular weight is 461 g/mol. The fourth-order valence-corrected chi connectivity index (χ4v) is 3.67. The van der Waals surface area contributed by atoms with Crippen LogP contribution in [0, 0.1) is 5.92 Å². The van der Waals surface area contributed by atoms with Gasteiger partial charge in [-0.25, -0.2) is 0 Å². The minimum atomic E-state index is -1.24. The molecule has 1 unspecified atom stereocenters. The van der Waals surface area contributed by atoms with Crippen LogP contribution in [0.25, 0.3) is 0 Å². The Bertz CT molecular complexity index is 1060.